The second-order valence-corrected chi connectivity index (χ2v) is 4.67. The van der Waals surface area contributed by atoms with Crippen molar-refractivity contribution in [2.45, 2.75) is 31.7 Å². The van der Waals surface area contributed by atoms with Crippen molar-refractivity contribution in [3.63, 3.8) is 0 Å². The molecule has 0 radical (unpaired) electrons. The first-order valence-electron chi connectivity index (χ1n) is 6.45. The first kappa shape index (κ1) is 12.5. The Labute approximate surface area is 108 Å². The van der Waals surface area contributed by atoms with Gasteiger partial charge in [0.05, 0.1) is 24.5 Å². The second-order valence-electron chi connectivity index (χ2n) is 4.67. The van der Waals surface area contributed by atoms with E-state index in [0.29, 0.717) is 13.0 Å². The standard InChI is InChI=1S/C15H17N3/c16-10-5-11-18(14-7-2-1-3-8-14)15-9-4-6-13(15)12-17/h1-3,7-8,13,15H,4-6,9,11H2. The van der Waals surface area contributed by atoms with E-state index in [-0.39, 0.29) is 12.0 Å². The molecule has 1 aliphatic rings. The molecule has 2 unspecified atom stereocenters. The number of benzene rings is 1. The van der Waals surface area contributed by atoms with Crippen molar-refractivity contribution in [3.8, 4) is 12.1 Å². The summed E-state index contributed by atoms with van der Waals surface area (Å²) in [5, 5.41) is 18.0. The quantitative estimate of drug-likeness (QED) is 0.811. The van der Waals surface area contributed by atoms with E-state index in [9.17, 15) is 5.26 Å². The monoisotopic (exact) mass is 239 g/mol. The Kier molecular flexibility index (Phi) is 4.20. The molecule has 2 rings (SSSR count). The molecule has 3 heteroatoms. The van der Waals surface area contributed by atoms with E-state index in [1.807, 2.05) is 18.2 Å². The molecule has 18 heavy (non-hydrogen) atoms. The van der Waals surface area contributed by atoms with E-state index >= 15 is 0 Å². The molecule has 1 fully saturated rings. The van der Waals surface area contributed by atoms with Crippen LogP contribution in [0.3, 0.4) is 0 Å². The molecule has 0 saturated heterocycles. The minimum absolute atomic E-state index is 0.101. The fourth-order valence-corrected chi connectivity index (χ4v) is 2.74. The SMILES string of the molecule is N#CCCN(c1ccccc1)C1CCCC1C#N. The molecular weight excluding hydrogens is 222 g/mol. The number of hydrogen-bond acceptors (Lipinski definition) is 3. The highest BCUT2D eigenvalue weighted by molar-refractivity contribution is 5.48. The predicted octanol–water partition coefficient (Wildman–Crippen LogP) is 3.10. The molecule has 0 aromatic heterocycles. The Hall–Kier alpha value is -2.00. The van der Waals surface area contributed by atoms with Crippen LogP contribution in [0.15, 0.2) is 30.3 Å². The van der Waals surface area contributed by atoms with Gasteiger partial charge in [-0.05, 0) is 31.4 Å². The van der Waals surface area contributed by atoms with Gasteiger partial charge in [-0.25, -0.2) is 0 Å². The van der Waals surface area contributed by atoms with E-state index in [1.54, 1.807) is 0 Å². The lowest BCUT2D eigenvalue weighted by atomic mass is 10.0. The lowest BCUT2D eigenvalue weighted by Gasteiger charge is -2.32. The average Bonchev–Trinajstić information content (AvgIpc) is 2.89. The number of rotatable bonds is 4. The minimum atomic E-state index is 0.101. The molecule has 1 saturated carbocycles. The van der Waals surface area contributed by atoms with E-state index in [1.165, 1.54) is 0 Å². The number of nitriles is 2. The fraction of sp³-hybridized carbons (Fsp3) is 0.467. The van der Waals surface area contributed by atoms with E-state index in [4.69, 9.17) is 5.26 Å². The van der Waals surface area contributed by atoms with Crippen molar-refractivity contribution in [3.05, 3.63) is 30.3 Å². The molecule has 3 nitrogen and oxygen atoms in total. The van der Waals surface area contributed by atoms with Gasteiger partial charge < -0.3 is 4.90 Å². The normalized spacial score (nSPS) is 22.1. The van der Waals surface area contributed by atoms with Crippen molar-refractivity contribution in [2.24, 2.45) is 5.92 Å². The van der Waals surface area contributed by atoms with Crippen LogP contribution >= 0.6 is 0 Å². The van der Waals surface area contributed by atoms with Gasteiger partial charge in [-0.2, -0.15) is 10.5 Å². The molecule has 0 bridgehead atoms. The van der Waals surface area contributed by atoms with Crippen LogP contribution in [-0.4, -0.2) is 12.6 Å². The zero-order valence-electron chi connectivity index (χ0n) is 10.4. The summed E-state index contributed by atoms with van der Waals surface area (Å²) in [4.78, 5) is 2.24. The summed E-state index contributed by atoms with van der Waals surface area (Å²) in [6.07, 6.45) is 3.65. The van der Waals surface area contributed by atoms with Crippen molar-refractivity contribution >= 4 is 5.69 Å². The Balaban J connectivity index is 2.20. The highest BCUT2D eigenvalue weighted by Crippen LogP contribution is 2.32. The maximum absolute atomic E-state index is 9.22. The molecule has 0 heterocycles. The summed E-state index contributed by atoms with van der Waals surface area (Å²) < 4.78 is 0. The topological polar surface area (TPSA) is 50.8 Å². The Morgan fingerprint density at radius 2 is 1.94 bits per heavy atom. The summed E-state index contributed by atoms with van der Waals surface area (Å²) in [6.45, 7) is 0.712. The number of anilines is 1. The molecular formula is C15H17N3. The van der Waals surface area contributed by atoms with Crippen LogP contribution in [0.4, 0.5) is 5.69 Å². The van der Waals surface area contributed by atoms with Gasteiger partial charge in [-0.3, -0.25) is 0 Å². The van der Waals surface area contributed by atoms with Gasteiger partial charge in [0.15, 0.2) is 0 Å². The van der Waals surface area contributed by atoms with Crippen molar-refractivity contribution in [1.29, 1.82) is 10.5 Å². The minimum Gasteiger partial charge on any atom is -0.366 e. The number of hydrogen-bond donors (Lipinski definition) is 0. The molecule has 2 atom stereocenters. The molecule has 0 spiro atoms. The molecule has 1 aromatic carbocycles. The lowest BCUT2D eigenvalue weighted by molar-refractivity contribution is 0.535. The maximum Gasteiger partial charge on any atom is 0.0677 e. The van der Waals surface area contributed by atoms with Gasteiger partial charge in [-0.15, -0.1) is 0 Å². The van der Waals surface area contributed by atoms with Crippen LogP contribution in [0.5, 0.6) is 0 Å². The Bertz CT molecular complexity index is 455. The summed E-state index contributed by atoms with van der Waals surface area (Å²) in [7, 11) is 0. The van der Waals surface area contributed by atoms with Gasteiger partial charge in [0, 0.05) is 18.3 Å². The smallest absolute Gasteiger partial charge is 0.0677 e. The second kappa shape index (κ2) is 6.07. The zero-order chi connectivity index (χ0) is 12.8. The number of para-hydroxylation sites is 1. The van der Waals surface area contributed by atoms with Crippen molar-refractivity contribution in [2.75, 3.05) is 11.4 Å². The van der Waals surface area contributed by atoms with Crippen LogP contribution in [0.2, 0.25) is 0 Å². The van der Waals surface area contributed by atoms with Crippen molar-refractivity contribution < 1.29 is 0 Å². The van der Waals surface area contributed by atoms with Crippen LogP contribution in [0.1, 0.15) is 25.7 Å². The third kappa shape index (κ3) is 2.63. The summed E-state index contributed by atoms with van der Waals surface area (Å²) >= 11 is 0. The third-order valence-corrected chi connectivity index (χ3v) is 3.60. The molecule has 0 amide bonds. The summed E-state index contributed by atoms with van der Waals surface area (Å²) in [5.41, 5.74) is 1.12. The molecule has 0 N–H and O–H groups in total. The lowest BCUT2D eigenvalue weighted by Crippen LogP contribution is -2.38. The summed E-state index contributed by atoms with van der Waals surface area (Å²) in [5.74, 6) is 0.101. The zero-order valence-corrected chi connectivity index (χ0v) is 10.4. The van der Waals surface area contributed by atoms with Gasteiger partial charge in [-0.1, -0.05) is 18.2 Å². The maximum atomic E-state index is 9.22. The Morgan fingerprint density at radius 1 is 1.17 bits per heavy atom. The van der Waals surface area contributed by atoms with Crippen LogP contribution in [0, 0.1) is 28.6 Å². The van der Waals surface area contributed by atoms with Crippen LogP contribution in [-0.2, 0) is 0 Å². The van der Waals surface area contributed by atoms with Crippen LogP contribution < -0.4 is 4.90 Å². The van der Waals surface area contributed by atoms with Gasteiger partial charge in [0.2, 0.25) is 0 Å². The average molecular weight is 239 g/mol. The van der Waals surface area contributed by atoms with Crippen LogP contribution in [0.25, 0.3) is 0 Å². The van der Waals surface area contributed by atoms with E-state index < -0.39 is 0 Å². The predicted molar refractivity (Wildman–Crippen MR) is 70.8 cm³/mol. The van der Waals surface area contributed by atoms with Gasteiger partial charge in [0.1, 0.15) is 0 Å². The summed E-state index contributed by atoms with van der Waals surface area (Å²) in [6, 6.07) is 15.0. The first-order valence-corrected chi connectivity index (χ1v) is 6.45. The first-order chi connectivity index (χ1) is 8.86. The largest absolute Gasteiger partial charge is 0.366 e. The molecule has 92 valence electrons. The fourth-order valence-electron chi connectivity index (χ4n) is 2.74. The van der Waals surface area contributed by atoms with Gasteiger partial charge >= 0.3 is 0 Å². The molecule has 1 aromatic rings. The van der Waals surface area contributed by atoms with E-state index in [2.05, 4.69) is 29.2 Å². The highest BCUT2D eigenvalue weighted by atomic mass is 15.2. The molecule has 0 aliphatic heterocycles. The Morgan fingerprint density at radius 3 is 2.61 bits per heavy atom. The van der Waals surface area contributed by atoms with E-state index in [0.717, 1.165) is 24.9 Å². The van der Waals surface area contributed by atoms with Crippen molar-refractivity contribution in [1.82, 2.24) is 0 Å². The number of nitrogens with zero attached hydrogens (tertiary/aromatic N) is 3. The van der Waals surface area contributed by atoms with Gasteiger partial charge in [0.25, 0.3) is 0 Å². The molecule has 1 aliphatic carbocycles. The third-order valence-electron chi connectivity index (χ3n) is 3.60. The highest BCUT2D eigenvalue weighted by Gasteiger charge is 2.32.